The molecule has 0 radical (unpaired) electrons. The van der Waals surface area contributed by atoms with Crippen molar-refractivity contribution in [2.45, 2.75) is 6.54 Å². The van der Waals surface area contributed by atoms with Crippen LogP contribution in [-0.4, -0.2) is 59.3 Å². The minimum Gasteiger partial charge on any atom is -1.00 e. The van der Waals surface area contributed by atoms with Crippen LogP contribution in [0.15, 0.2) is 30.3 Å². The Morgan fingerprint density at radius 1 is 0.778 bits per heavy atom. The van der Waals surface area contributed by atoms with Crippen molar-refractivity contribution in [2.75, 3.05) is 39.5 Å². The highest BCUT2D eigenvalue weighted by Gasteiger charge is 2.26. The van der Waals surface area contributed by atoms with E-state index in [1.807, 2.05) is 30.3 Å². The number of hydrogen-bond acceptors (Lipinski definition) is 3. The summed E-state index contributed by atoms with van der Waals surface area (Å²) in [5.74, 6) is 0. The van der Waals surface area contributed by atoms with Gasteiger partial charge in [0, 0.05) is 5.56 Å². The highest BCUT2D eigenvalue weighted by Crippen LogP contribution is 2.13. The summed E-state index contributed by atoms with van der Waals surface area (Å²) in [5, 5.41) is 27.5. The molecule has 5 heteroatoms. The van der Waals surface area contributed by atoms with Crippen LogP contribution in [0.3, 0.4) is 0 Å². The lowest BCUT2D eigenvalue weighted by molar-refractivity contribution is -0.941. The third-order valence-corrected chi connectivity index (χ3v) is 3.08. The van der Waals surface area contributed by atoms with E-state index in [2.05, 4.69) is 0 Å². The number of aliphatic hydroxyl groups is 3. The molecule has 1 aromatic rings. The molecule has 0 aromatic heterocycles. The van der Waals surface area contributed by atoms with Crippen LogP contribution in [0.5, 0.6) is 0 Å². The second-order valence-electron chi connectivity index (χ2n) is 4.33. The topological polar surface area (TPSA) is 60.7 Å². The normalized spacial score (nSPS) is 11.1. The number of nitrogens with zero attached hydrogens (tertiary/aromatic N) is 1. The Hall–Kier alpha value is -0.460. The number of rotatable bonds is 8. The van der Waals surface area contributed by atoms with Gasteiger partial charge in [0.25, 0.3) is 0 Å². The van der Waals surface area contributed by atoms with Crippen LogP contribution in [0.25, 0.3) is 0 Å². The molecule has 0 aliphatic rings. The van der Waals surface area contributed by atoms with Gasteiger partial charge in [-0.3, -0.25) is 0 Å². The fourth-order valence-electron chi connectivity index (χ4n) is 2.18. The number of benzene rings is 1. The van der Waals surface area contributed by atoms with Crippen LogP contribution in [0.2, 0.25) is 0 Å². The van der Waals surface area contributed by atoms with Crippen molar-refractivity contribution in [3.63, 3.8) is 0 Å². The molecule has 4 nitrogen and oxygen atoms in total. The van der Waals surface area contributed by atoms with Crippen molar-refractivity contribution in [2.24, 2.45) is 0 Å². The summed E-state index contributed by atoms with van der Waals surface area (Å²) < 4.78 is 0.521. The molecule has 0 aliphatic heterocycles. The summed E-state index contributed by atoms with van der Waals surface area (Å²) >= 11 is 0. The molecule has 0 spiro atoms. The minimum atomic E-state index is 0. The zero-order valence-corrected chi connectivity index (χ0v) is 12.1. The summed E-state index contributed by atoms with van der Waals surface area (Å²) in [6.45, 7) is 2.57. The molecule has 0 heterocycles. The fourth-order valence-corrected chi connectivity index (χ4v) is 2.18. The van der Waals surface area contributed by atoms with Crippen molar-refractivity contribution in [3.05, 3.63) is 35.9 Å². The fraction of sp³-hybridized carbons (Fsp3) is 0.538. The number of hydrogen-bond donors (Lipinski definition) is 3. The van der Waals surface area contributed by atoms with E-state index < -0.39 is 0 Å². The zero-order chi connectivity index (χ0) is 12.6. The Morgan fingerprint density at radius 3 is 1.61 bits per heavy atom. The van der Waals surface area contributed by atoms with E-state index in [-0.39, 0.29) is 36.8 Å². The number of aliphatic hydroxyl groups excluding tert-OH is 3. The van der Waals surface area contributed by atoms with Crippen molar-refractivity contribution in [1.29, 1.82) is 0 Å². The minimum absolute atomic E-state index is 0. The molecule has 0 amide bonds. The lowest BCUT2D eigenvalue weighted by atomic mass is 10.1. The first-order valence-corrected chi connectivity index (χ1v) is 5.98. The highest BCUT2D eigenvalue weighted by atomic mass is 79.9. The van der Waals surface area contributed by atoms with Crippen molar-refractivity contribution < 1.29 is 36.8 Å². The molecule has 0 saturated heterocycles. The van der Waals surface area contributed by atoms with Gasteiger partial charge in [-0.2, -0.15) is 0 Å². The summed E-state index contributed by atoms with van der Waals surface area (Å²) in [7, 11) is 0. The lowest BCUT2D eigenvalue weighted by Gasteiger charge is -2.37. The predicted octanol–water partition coefficient (Wildman–Crippen LogP) is -3.02. The van der Waals surface area contributed by atoms with Gasteiger partial charge >= 0.3 is 0 Å². The van der Waals surface area contributed by atoms with Gasteiger partial charge in [0.05, 0.1) is 19.8 Å². The molecular weight excluding hydrogens is 298 g/mol. The average Bonchev–Trinajstić information content (AvgIpc) is 2.31. The maximum absolute atomic E-state index is 9.15. The van der Waals surface area contributed by atoms with E-state index in [1.165, 1.54) is 0 Å². The van der Waals surface area contributed by atoms with E-state index in [4.69, 9.17) is 15.3 Å². The number of halogens is 1. The van der Waals surface area contributed by atoms with Gasteiger partial charge in [-0.05, 0) is 0 Å². The molecule has 3 N–H and O–H groups in total. The molecule has 0 unspecified atom stereocenters. The van der Waals surface area contributed by atoms with Gasteiger partial charge in [-0.1, -0.05) is 30.3 Å². The maximum Gasteiger partial charge on any atom is 0.105 e. The van der Waals surface area contributed by atoms with E-state index in [0.717, 1.165) is 12.1 Å². The Morgan fingerprint density at radius 2 is 1.22 bits per heavy atom. The molecule has 18 heavy (non-hydrogen) atoms. The summed E-state index contributed by atoms with van der Waals surface area (Å²) in [4.78, 5) is 0. The van der Waals surface area contributed by atoms with Crippen LogP contribution in [0, 0.1) is 0 Å². The van der Waals surface area contributed by atoms with E-state index >= 15 is 0 Å². The summed E-state index contributed by atoms with van der Waals surface area (Å²) in [6.07, 6.45) is 0. The van der Waals surface area contributed by atoms with Gasteiger partial charge in [0.1, 0.15) is 26.2 Å². The Labute approximate surface area is 119 Å². The Balaban J connectivity index is 0.00000289. The monoisotopic (exact) mass is 319 g/mol. The quantitative estimate of drug-likeness (QED) is 0.447. The summed E-state index contributed by atoms with van der Waals surface area (Å²) in [6, 6.07) is 9.96. The van der Waals surface area contributed by atoms with Gasteiger partial charge in [-0.25, -0.2) is 0 Å². The first-order valence-electron chi connectivity index (χ1n) is 5.98. The number of quaternary nitrogens is 1. The second-order valence-corrected chi connectivity index (χ2v) is 4.33. The first-order chi connectivity index (χ1) is 8.26. The predicted molar refractivity (Wildman–Crippen MR) is 66.3 cm³/mol. The van der Waals surface area contributed by atoms with E-state index in [0.29, 0.717) is 24.1 Å². The lowest BCUT2D eigenvalue weighted by Crippen LogP contribution is -3.00. The van der Waals surface area contributed by atoms with Gasteiger partial charge in [-0.15, -0.1) is 0 Å². The average molecular weight is 320 g/mol. The smallest absolute Gasteiger partial charge is 0.105 e. The third kappa shape index (κ3) is 5.46. The van der Waals surface area contributed by atoms with Crippen molar-refractivity contribution >= 4 is 0 Å². The van der Waals surface area contributed by atoms with Gasteiger partial charge < -0.3 is 36.8 Å². The zero-order valence-electron chi connectivity index (χ0n) is 10.5. The van der Waals surface area contributed by atoms with Gasteiger partial charge in [0.15, 0.2) is 0 Å². The molecule has 1 aromatic carbocycles. The van der Waals surface area contributed by atoms with E-state index in [1.54, 1.807) is 0 Å². The first kappa shape index (κ1) is 17.5. The van der Waals surface area contributed by atoms with Crippen LogP contribution in [0.4, 0.5) is 0 Å². The molecule has 104 valence electrons. The largest absolute Gasteiger partial charge is 1.00 e. The Kier molecular flexibility index (Phi) is 9.23. The molecule has 1 rings (SSSR count). The Bertz CT molecular complexity index is 291. The van der Waals surface area contributed by atoms with Gasteiger partial charge in [0.2, 0.25) is 0 Å². The molecule has 0 saturated carbocycles. The molecule has 0 aliphatic carbocycles. The summed E-state index contributed by atoms with van der Waals surface area (Å²) in [5.41, 5.74) is 1.16. The maximum atomic E-state index is 9.15. The third-order valence-electron chi connectivity index (χ3n) is 3.08. The molecule has 0 fully saturated rings. The highest BCUT2D eigenvalue weighted by molar-refractivity contribution is 5.13. The molecular formula is C13H22BrNO3. The van der Waals surface area contributed by atoms with Crippen LogP contribution >= 0.6 is 0 Å². The molecule has 0 bridgehead atoms. The second kappa shape index (κ2) is 9.47. The van der Waals surface area contributed by atoms with E-state index in [9.17, 15) is 0 Å². The van der Waals surface area contributed by atoms with Crippen LogP contribution in [-0.2, 0) is 6.54 Å². The van der Waals surface area contributed by atoms with Crippen LogP contribution < -0.4 is 17.0 Å². The van der Waals surface area contributed by atoms with Crippen LogP contribution in [0.1, 0.15) is 5.56 Å². The standard InChI is InChI=1S/C13H22NO3.BrH/c15-9-6-14(7-10-16,8-11-17)12-13-4-2-1-3-5-13;/h1-5,15-17H,6-12H2;1H/q+1;/p-1. The SMILES string of the molecule is OCC[N+](CCO)(CCO)Cc1ccccc1.[Br-]. The van der Waals surface area contributed by atoms with Crippen molar-refractivity contribution in [1.82, 2.24) is 0 Å². The van der Waals surface area contributed by atoms with Crippen molar-refractivity contribution in [3.8, 4) is 0 Å². The molecule has 0 atom stereocenters.